The Morgan fingerprint density at radius 3 is 2.52 bits per heavy atom. The van der Waals surface area contributed by atoms with Gasteiger partial charge in [0.1, 0.15) is 0 Å². The van der Waals surface area contributed by atoms with Crippen LogP contribution in [-0.2, 0) is 0 Å². The predicted octanol–water partition coefficient (Wildman–Crippen LogP) is -0.398. The van der Waals surface area contributed by atoms with Gasteiger partial charge in [0.15, 0.2) is 5.56 Å². The third-order valence-corrected chi connectivity index (χ3v) is 2.96. The summed E-state index contributed by atoms with van der Waals surface area (Å²) in [4.78, 5) is 38.4. The minimum atomic E-state index is -0.983. The monoisotopic (exact) mass is 314 g/mol. The van der Waals surface area contributed by atoms with Crippen molar-refractivity contribution in [1.29, 1.82) is 0 Å². The molecular weight excluding hydrogens is 304 g/mol. The zero-order chi connectivity index (χ0) is 16.4. The number of benzene rings is 1. The fourth-order valence-corrected chi connectivity index (χ4v) is 1.92. The maximum Gasteiger partial charge on any atom is 0.328 e. The van der Waals surface area contributed by atoms with E-state index in [9.17, 15) is 19.5 Å². The summed E-state index contributed by atoms with van der Waals surface area (Å²) >= 11 is 0. The van der Waals surface area contributed by atoms with Crippen molar-refractivity contribution in [3.05, 3.63) is 63.1 Å². The van der Waals surface area contributed by atoms with Crippen LogP contribution in [0.1, 0.15) is 10.4 Å². The first-order valence-corrected chi connectivity index (χ1v) is 6.38. The van der Waals surface area contributed by atoms with E-state index in [2.05, 4.69) is 15.6 Å². The molecule has 1 aromatic carbocycles. The molecule has 1 amide bonds. The van der Waals surface area contributed by atoms with Crippen LogP contribution in [0.4, 0.5) is 5.69 Å². The first-order chi connectivity index (χ1) is 11.0. The van der Waals surface area contributed by atoms with Crippen molar-refractivity contribution in [3.8, 4) is 11.6 Å². The van der Waals surface area contributed by atoms with Gasteiger partial charge in [0.2, 0.25) is 5.88 Å². The second kappa shape index (κ2) is 5.60. The quantitative estimate of drug-likeness (QED) is 0.517. The molecule has 0 aliphatic heterocycles. The Kier molecular flexibility index (Phi) is 3.47. The number of hydrogen-bond acceptors (Lipinski definition) is 6. The molecule has 0 fully saturated rings. The Balaban J connectivity index is 1.84. The van der Waals surface area contributed by atoms with Crippen LogP contribution in [0.2, 0.25) is 0 Å². The highest BCUT2D eigenvalue weighted by Gasteiger charge is 2.17. The van der Waals surface area contributed by atoms with Crippen LogP contribution in [0, 0.1) is 0 Å². The van der Waals surface area contributed by atoms with Gasteiger partial charge in [-0.2, -0.15) is 0 Å². The van der Waals surface area contributed by atoms with E-state index in [1.165, 1.54) is 10.9 Å². The van der Waals surface area contributed by atoms with Crippen molar-refractivity contribution < 1.29 is 9.90 Å². The van der Waals surface area contributed by atoms with Gasteiger partial charge in [-0.15, -0.1) is 5.10 Å². The Labute approximate surface area is 127 Å². The highest BCUT2D eigenvalue weighted by molar-refractivity contribution is 6.05. The van der Waals surface area contributed by atoms with E-state index in [0.717, 1.165) is 5.69 Å². The molecule has 116 valence electrons. The summed E-state index contributed by atoms with van der Waals surface area (Å²) in [6.07, 6.45) is 3.19. The van der Waals surface area contributed by atoms with Crippen LogP contribution < -0.4 is 16.6 Å². The number of aromatic hydroxyl groups is 1. The van der Waals surface area contributed by atoms with Gasteiger partial charge in [0.05, 0.1) is 18.1 Å². The van der Waals surface area contributed by atoms with Crippen molar-refractivity contribution in [2.45, 2.75) is 0 Å². The normalized spacial score (nSPS) is 10.4. The maximum atomic E-state index is 12.0. The lowest BCUT2D eigenvalue weighted by Gasteiger charge is -2.06. The zero-order valence-corrected chi connectivity index (χ0v) is 11.5. The number of rotatable bonds is 3. The Hall–Kier alpha value is -3.69. The van der Waals surface area contributed by atoms with Crippen molar-refractivity contribution in [2.75, 3.05) is 5.32 Å². The number of carbonyl (C=O) groups is 1. The number of amides is 1. The van der Waals surface area contributed by atoms with Crippen LogP contribution in [0.25, 0.3) is 5.69 Å². The smallest absolute Gasteiger partial charge is 0.328 e. The Bertz CT molecular complexity index is 955. The van der Waals surface area contributed by atoms with Crippen LogP contribution >= 0.6 is 0 Å². The summed E-state index contributed by atoms with van der Waals surface area (Å²) in [6, 6.07) is 6.54. The number of carbonyl (C=O) groups excluding carboxylic acids is 1. The van der Waals surface area contributed by atoms with Gasteiger partial charge in [-0.1, -0.05) is 5.21 Å². The minimum Gasteiger partial charge on any atom is -0.494 e. The Morgan fingerprint density at radius 2 is 1.91 bits per heavy atom. The first-order valence-electron chi connectivity index (χ1n) is 6.38. The van der Waals surface area contributed by atoms with E-state index in [0.29, 0.717) is 5.69 Å². The van der Waals surface area contributed by atoms with E-state index in [1.54, 1.807) is 30.5 Å². The van der Waals surface area contributed by atoms with E-state index in [4.69, 9.17) is 0 Å². The number of anilines is 1. The molecule has 0 aliphatic carbocycles. The van der Waals surface area contributed by atoms with Gasteiger partial charge in [0.25, 0.3) is 11.5 Å². The molecule has 3 aromatic rings. The van der Waals surface area contributed by atoms with E-state index >= 15 is 0 Å². The summed E-state index contributed by atoms with van der Waals surface area (Å²) in [6.45, 7) is 0. The van der Waals surface area contributed by atoms with Crippen molar-refractivity contribution in [3.63, 3.8) is 0 Å². The lowest BCUT2D eigenvalue weighted by Crippen LogP contribution is -2.30. The number of nitrogens with zero attached hydrogens (tertiary/aromatic N) is 3. The molecule has 0 bridgehead atoms. The third kappa shape index (κ3) is 2.85. The van der Waals surface area contributed by atoms with Gasteiger partial charge < -0.3 is 10.4 Å². The standard InChI is InChI=1S/C13H10N6O4/c20-10(9-11(21)16-13(23)17-12(9)22)15-7-1-3-8(4-2-7)19-6-5-14-18-19/h1-6H,(H,15,20)(H3,16,17,21,22,23). The van der Waals surface area contributed by atoms with Crippen LogP contribution in [-0.4, -0.2) is 36.0 Å². The molecular formula is C13H10N6O4. The number of aromatic amines is 2. The van der Waals surface area contributed by atoms with Crippen LogP contribution in [0.15, 0.2) is 46.2 Å². The van der Waals surface area contributed by atoms with Gasteiger partial charge in [-0.05, 0) is 24.3 Å². The van der Waals surface area contributed by atoms with Crippen LogP contribution in [0.5, 0.6) is 5.88 Å². The molecule has 0 saturated carbocycles. The van der Waals surface area contributed by atoms with Gasteiger partial charge in [-0.25, -0.2) is 9.48 Å². The number of nitrogens with one attached hydrogen (secondary N) is 3. The van der Waals surface area contributed by atoms with Gasteiger partial charge >= 0.3 is 5.69 Å². The number of hydrogen-bond donors (Lipinski definition) is 4. The van der Waals surface area contributed by atoms with Crippen LogP contribution in [0.3, 0.4) is 0 Å². The van der Waals surface area contributed by atoms with Gasteiger partial charge in [0, 0.05) is 5.69 Å². The molecule has 0 aliphatic rings. The van der Waals surface area contributed by atoms with E-state index in [-0.39, 0.29) is 0 Å². The summed E-state index contributed by atoms with van der Waals surface area (Å²) in [5.74, 6) is -1.65. The molecule has 2 heterocycles. The molecule has 10 nitrogen and oxygen atoms in total. The largest absolute Gasteiger partial charge is 0.494 e. The molecule has 2 aromatic heterocycles. The molecule has 0 atom stereocenters. The highest BCUT2D eigenvalue weighted by atomic mass is 16.3. The maximum absolute atomic E-state index is 12.0. The van der Waals surface area contributed by atoms with Crippen molar-refractivity contribution in [1.82, 2.24) is 25.0 Å². The zero-order valence-electron chi connectivity index (χ0n) is 11.5. The van der Waals surface area contributed by atoms with Gasteiger partial charge in [-0.3, -0.25) is 19.6 Å². The van der Waals surface area contributed by atoms with E-state index in [1.807, 2.05) is 9.97 Å². The molecule has 0 unspecified atom stereocenters. The molecule has 23 heavy (non-hydrogen) atoms. The number of aromatic nitrogens is 5. The molecule has 4 N–H and O–H groups in total. The Morgan fingerprint density at radius 1 is 1.17 bits per heavy atom. The van der Waals surface area contributed by atoms with E-state index < -0.39 is 28.6 Å². The summed E-state index contributed by atoms with van der Waals surface area (Å²) in [5.41, 5.74) is -1.34. The fraction of sp³-hybridized carbons (Fsp3) is 0. The van der Waals surface area contributed by atoms with Crippen molar-refractivity contribution >= 4 is 11.6 Å². The predicted molar refractivity (Wildman–Crippen MR) is 78.7 cm³/mol. The van der Waals surface area contributed by atoms with Crippen molar-refractivity contribution in [2.24, 2.45) is 0 Å². The molecule has 3 rings (SSSR count). The molecule has 0 spiro atoms. The summed E-state index contributed by atoms with van der Waals surface area (Å²) in [7, 11) is 0. The average molecular weight is 314 g/mol. The minimum absolute atomic E-state index is 0.392. The lowest BCUT2D eigenvalue weighted by molar-refractivity contribution is 0.102. The summed E-state index contributed by atoms with van der Waals surface area (Å²) in [5, 5.41) is 19.5. The SMILES string of the molecule is O=C(Nc1ccc(-n2ccnn2)cc1)c1c(O)[nH]c(=O)[nH]c1=O. The fourth-order valence-electron chi connectivity index (χ4n) is 1.92. The second-order valence-electron chi connectivity index (χ2n) is 4.48. The summed E-state index contributed by atoms with van der Waals surface area (Å²) < 4.78 is 1.53. The first kappa shape index (κ1) is 14.3. The lowest BCUT2D eigenvalue weighted by atomic mass is 10.2. The number of H-pyrrole nitrogens is 2. The average Bonchev–Trinajstić information content (AvgIpc) is 3.01. The highest BCUT2D eigenvalue weighted by Crippen LogP contribution is 2.14. The second-order valence-corrected chi connectivity index (χ2v) is 4.48. The molecule has 0 saturated heterocycles. The molecule has 0 radical (unpaired) electrons. The molecule has 10 heteroatoms. The topological polar surface area (TPSA) is 146 Å². The third-order valence-electron chi connectivity index (χ3n) is 2.96.